The van der Waals surface area contributed by atoms with Crippen molar-refractivity contribution in [3.63, 3.8) is 0 Å². The van der Waals surface area contributed by atoms with Gasteiger partial charge in [-0.25, -0.2) is 14.6 Å². The average Bonchev–Trinajstić information content (AvgIpc) is 0.802. The Morgan fingerprint density at radius 2 is 1.22 bits per heavy atom. The number of nitrogen functional groups attached to an aromatic ring is 1. The van der Waals surface area contributed by atoms with Crippen LogP contribution in [0.5, 0.6) is 0 Å². The number of ketones is 1. The van der Waals surface area contributed by atoms with Crippen LogP contribution in [0, 0.1) is 37.5 Å². The molecule has 0 amide bonds. The van der Waals surface area contributed by atoms with Crippen molar-refractivity contribution in [1.29, 1.82) is 5.26 Å². The summed E-state index contributed by atoms with van der Waals surface area (Å²) in [7, 11) is 24.3. The number of carbonyl (C=O) groups excluding carboxylic acids is 3. The highest BCUT2D eigenvalue weighted by Crippen LogP contribution is 2.48. The van der Waals surface area contributed by atoms with Gasteiger partial charge in [0, 0.05) is 222 Å². The van der Waals surface area contributed by atoms with Crippen LogP contribution in [0.25, 0.3) is 0 Å². The fourth-order valence-corrected chi connectivity index (χ4v) is 38.6. The van der Waals surface area contributed by atoms with Crippen molar-refractivity contribution in [1.82, 2.24) is 10.3 Å². The first-order chi connectivity index (χ1) is 42.4. The molecule has 4 aliphatic rings. The third-order valence-corrected chi connectivity index (χ3v) is 38.4. The molecule has 0 saturated heterocycles. The molecule has 2 aliphatic carbocycles. The van der Waals surface area contributed by atoms with Gasteiger partial charge >= 0.3 is 11.9 Å². The van der Waals surface area contributed by atoms with Gasteiger partial charge in [-0.15, -0.1) is 0 Å². The Bertz CT molecular complexity index is 3550. The lowest BCUT2D eigenvalue weighted by Gasteiger charge is -2.33. The van der Waals surface area contributed by atoms with E-state index < -0.39 is 33.6 Å². The zero-order chi connectivity index (χ0) is 67.9. The lowest BCUT2D eigenvalue weighted by atomic mass is 9.78. The Morgan fingerprint density at radius 1 is 0.750 bits per heavy atom. The van der Waals surface area contributed by atoms with E-state index in [-0.39, 0.29) is 29.8 Å². The van der Waals surface area contributed by atoms with Crippen molar-refractivity contribution in [3.05, 3.63) is 131 Å². The number of methoxy groups -OCH3 is 2. The van der Waals surface area contributed by atoms with Crippen LogP contribution in [0.15, 0.2) is 82.5 Å². The average molecular weight is 1340 g/mol. The number of fused-ring (bicyclic) bond motifs is 2. The monoisotopic (exact) mass is 1340 g/mol. The van der Waals surface area contributed by atoms with Gasteiger partial charge in [0.2, 0.25) is 0 Å². The summed E-state index contributed by atoms with van der Waals surface area (Å²) in [6.07, 6.45) is 7.24. The number of rotatable bonds is 6. The van der Waals surface area contributed by atoms with Gasteiger partial charge < -0.3 is 31.6 Å². The van der Waals surface area contributed by atoms with E-state index in [2.05, 4.69) is 17.6 Å². The summed E-state index contributed by atoms with van der Waals surface area (Å²) in [6, 6.07) is 14.0. The van der Waals surface area contributed by atoms with Crippen molar-refractivity contribution in [2.24, 2.45) is 11.7 Å². The number of nitriles is 1. The number of esters is 2. The van der Waals surface area contributed by atoms with Crippen LogP contribution in [0.2, 0.25) is 0 Å². The van der Waals surface area contributed by atoms with E-state index in [0.717, 1.165) is 49.8 Å². The van der Waals surface area contributed by atoms with Gasteiger partial charge in [-0.05, 0) is 68.6 Å². The molecular weight excluding hydrogens is 1270 g/mol. The highest BCUT2D eigenvalue weighted by Gasteiger charge is 2.39. The normalized spacial score (nSPS) is 18.5. The number of allylic oxidation sites excluding steroid dienone is 3. The number of nitro benzene ring substituents is 2. The smallest absolute Gasteiger partial charge is 0.336 e. The summed E-state index contributed by atoms with van der Waals surface area (Å²) >= 11 is 9.45. The molecule has 1 aromatic heterocycles. The summed E-state index contributed by atoms with van der Waals surface area (Å²) in [5.41, 5.74) is 18.3. The number of nitro groups is 2. The molecule has 424 valence electrons. The summed E-state index contributed by atoms with van der Waals surface area (Å²) in [6.45, 7) is 7.57. The lowest BCUT2D eigenvalue weighted by molar-refractivity contribution is -0.385. The number of nitrogens with one attached hydrogen (secondary N) is 2. The summed E-state index contributed by atoms with van der Waals surface area (Å²) < 4.78 is 69.8. The van der Waals surface area contributed by atoms with Crippen LogP contribution < -0.4 is 22.1 Å². The Hall–Kier alpha value is -3.79. The van der Waals surface area contributed by atoms with E-state index in [1.54, 1.807) is 130 Å². The molecule has 4 atom stereocenters. The number of hydrogen-bond acceptors (Lipinski definition) is 17. The molecule has 7 rings (SSSR count). The quantitative estimate of drug-likeness (QED) is 0.102. The number of non-ortho nitro benzene ring substituents is 2. The first-order valence-electron chi connectivity index (χ1n) is 28.2. The van der Waals surface area contributed by atoms with Crippen LogP contribution >= 0.6 is 0 Å². The van der Waals surface area contributed by atoms with Gasteiger partial charge in [0.15, 0.2) is 0 Å². The molecule has 6 N–H and O–H groups in total. The maximum Gasteiger partial charge on any atom is 0.336 e. The molecule has 0 bridgehead atoms. The summed E-state index contributed by atoms with van der Waals surface area (Å²) in [4.78, 5) is 61.9. The standard InChI is InChI=1S/C22H24N4O4.C15H14N4O4.C7H12O.S15.7H2/c1-11-6-4-9-15-19(23)18-17(13-7-5-8-14(10-13)26(28)29)16(22(27)30-3)12(2)24-21(18)25-20(11)15;1-8-12(15(20)23-2)13(11(7-16)14(17)18-8)9-4-3-5-10(6-9)19(21)22;1-6-4-2-3-5-7(6)8;1-3-5-7-9-11-13-15-14-12-10-8-6-4-2;;;;;;;/h5,7-8,10-11,17H,4,6,9H2,1-3H3,(H3,23,24,25);3-6,13,18H,17H2,1-2H3;6H,2-5H2,1H3;;7*1H/i;;;;6*1+1D;1+1. The molecule has 76 heavy (non-hydrogen) atoms. The minimum atomic E-state index is -0.825. The predicted octanol–water partition coefficient (Wildman–Crippen LogP) is 8.89. The van der Waals surface area contributed by atoms with E-state index in [0.29, 0.717) is 62.8 Å². The minimum absolute atomic E-state index is 0. The maximum atomic E-state index is 12.7. The topological polar surface area (TPSA) is 269 Å². The molecule has 1 fully saturated rings. The van der Waals surface area contributed by atoms with Crippen LogP contribution in [0.4, 0.5) is 22.9 Å². The van der Waals surface area contributed by atoms with Gasteiger partial charge in [0.25, 0.3) is 11.4 Å². The number of nitrogens with two attached hydrogens (primary N) is 2. The number of ether oxygens (including phenoxy) is 2. The number of carbonyl (C=O) groups is 3. The third kappa shape index (κ3) is 18.4. The number of Topliss-reactive ketones (excluding diaryl/α,β-unsaturated/α-hetero) is 1. The molecule has 3 aromatic rings. The fraction of sp³-hybridized carbons (Fsp3) is 0.386. The van der Waals surface area contributed by atoms with Crippen molar-refractivity contribution >= 4 is 178 Å². The fourth-order valence-electron chi connectivity index (χ4n) is 8.39. The second kappa shape index (κ2) is 33.6. The van der Waals surface area contributed by atoms with E-state index in [1.165, 1.54) is 68.7 Å². The van der Waals surface area contributed by atoms with Gasteiger partial charge in [0.1, 0.15) is 17.4 Å². The van der Waals surface area contributed by atoms with Crippen molar-refractivity contribution in [2.75, 3.05) is 25.3 Å². The van der Waals surface area contributed by atoms with Gasteiger partial charge in [-0.2, -0.15) is 5.26 Å². The molecule has 2 aliphatic heterocycles. The lowest BCUT2D eigenvalue weighted by Crippen LogP contribution is -2.32. The van der Waals surface area contributed by atoms with E-state index in [9.17, 15) is 39.9 Å². The molecule has 32 heteroatoms. The molecule has 1 saturated carbocycles. The maximum absolute atomic E-state index is 12.7. The van der Waals surface area contributed by atoms with Crippen LogP contribution in [0.1, 0.15) is 131 Å². The van der Waals surface area contributed by atoms with E-state index in [4.69, 9.17) is 66.1 Å². The molecule has 4 unspecified atom stereocenters. The number of aromatic nitrogens is 1. The predicted molar refractivity (Wildman–Crippen MR) is 352 cm³/mol. The van der Waals surface area contributed by atoms with Crippen LogP contribution in [0.3, 0.4) is 0 Å². The molecule has 0 spiro atoms. The Morgan fingerprint density at radius 3 is 1.67 bits per heavy atom. The number of dihydropyridines is 1. The Balaban J connectivity index is -0.000000544. The molecule has 2 aromatic carbocycles. The second-order valence-corrected chi connectivity index (χ2v) is 39.3. The van der Waals surface area contributed by atoms with Crippen LogP contribution in [-0.2, 0) is 168 Å². The minimum Gasteiger partial charge on any atom is -0.466 e. The number of nitrogens with zero attached hydrogens (tertiary/aromatic N) is 4. The van der Waals surface area contributed by atoms with E-state index >= 15 is 0 Å². The van der Waals surface area contributed by atoms with E-state index in [1.807, 2.05) is 13.0 Å². The molecule has 17 nitrogen and oxygen atoms in total. The zero-order valence-corrected chi connectivity index (χ0v) is 53.4. The first kappa shape index (κ1) is 55.5. The molecule has 0 radical (unpaired) electrons. The second-order valence-electron chi connectivity index (χ2n) is 16.3. The molecule has 3 heterocycles. The highest BCUT2D eigenvalue weighted by molar-refractivity contribution is 8.76. The van der Waals surface area contributed by atoms with Gasteiger partial charge in [-0.1, -0.05) is 44.5 Å². The molecular formula is C44H64N8O9S15. The largest absolute Gasteiger partial charge is 0.466 e. The number of hydrogen-bond donors (Lipinski definition) is 4. The van der Waals surface area contributed by atoms with Gasteiger partial charge in [-0.3, -0.25) is 25.0 Å². The first-order valence-corrected chi connectivity index (χ1v) is 40.9. The van der Waals surface area contributed by atoms with Gasteiger partial charge in [0.05, 0.1) is 58.5 Å². The van der Waals surface area contributed by atoms with Crippen molar-refractivity contribution < 1.29 is 52.9 Å². The van der Waals surface area contributed by atoms with Crippen molar-refractivity contribution in [3.8, 4) is 6.07 Å². The number of benzene rings is 2. The third-order valence-electron chi connectivity index (χ3n) is 11.8. The number of anilines is 2. The highest BCUT2D eigenvalue weighted by atomic mass is 33.5. The summed E-state index contributed by atoms with van der Waals surface area (Å²) in [5.74, 6) is -0.738. The summed E-state index contributed by atoms with van der Waals surface area (Å²) in [5, 5.41) is 37.7. The SMILES string of the molecule is CC1CCCCC1=O.COC(=O)C1=C(C)NC(N)=C(C#N)C1c1cccc([N+](=O)[O-])c1.COC(=O)C1=C(C)Nc2nc3c(c(N)c2C1c1cccc([N+](=O)[O-])c1)CCCC3C.S=S=S=S=S=S=S=S=S=S=S=S=S=S=S.[2HH].[2H][2H].[2H][2H].[2H][2H].[2H][2H].[2H][2H].[2H][2H]. The van der Waals surface area contributed by atoms with Crippen molar-refractivity contribution in [2.45, 2.75) is 90.4 Å². The van der Waals surface area contributed by atoms with Crippen LogP contribution in [-0.4, -0.2) is 46.8 Å². The Kier molecular flexibility index (Phi) is 24.5. The zero-order valence-electron chi connectivity index (χ0n) is 53.1. The Labute approximate surface area is 506 Å². The number of pyridine rings is 1.